The van der Waals surface area contributed by atoms with E-state index in [1.165, 1.54) is 0 Å². The number of aryl methyl sites for hydroxylation is 1. The van der Waals surface area contributed by atoms with E-state index in [1.54, 1.807) is 7.05 Å². The molecule has 0 radical (unpaired) electrons. The fraction of sp³-hybridized carbons (Fsp3) is 0.429. The number of hydrogen-bond acceptors (Lipinski definition) is 2. The summed E-state index contributed by atoms with van der Waals surface area (Å²) in [6.07, 6.45) is 6.55. The number of nitrogens with zero attached hydrogens (tertiary/aromatic N) is 2. The van der Waals surface area contributed by atoms with Gasteiger partial charge in [0.1, 0.15) is 0 Å². The summed E-state index contributed by atoms with van der Waals surface area (Å²) in [4.78, 5) is 8.68. The SMILES string of the molecule is CN=C(NCc1cccc(C)n1)NC1CC=CC1.I. The fourth-order valence-electron chi connectivity index (χ4n) is 2.00. The fourth-order valence-corrected chi connectivity index (χ4v) is 2.00. The van der Waals surface area contributed by atoms with Crippen LogP contribution in [0.1, 0.15) is 24.2 Å². The van der Waals surface area contributed by atoms with Crippen molar-refractivity contribution in [2.45, 2.75) is 32.4 Å². The number of hydrogen-bond donors (Lipinski definition) is 2. The second-order valence-corrected chi connectivity index (χ2v) is 4.48. The average molecular weight is 372 g/mol. The van der Waals surface area contributed by atoms with Gasteiger partial charge in [-0.05, 0) is 31.9 Å². The Balaban J connectivity index is 0.00000180. The number of aromatic nitrogens is 1. The van der Waals surface area contributed by atoms with Gasteiger partial charge in [-0.15, -0.1) is 24.0 Å². The molecule has 2 rings (SSSR count). The van der Waals surface area contributed by atoms with Crippen LogP contribution in [0.15, 0.2) is 35.3 Å². The molecule has 104 valence electrons. The van der Waals surface area contributed by atoms with Crippen LogP contribution in [0.3, 0.4) is 0 Å². The smallest absolute Gasteiger partial charge is 0.191 e. The summed E-state index contributed by atoms with van der Waals surface area (Å²) in [7, 11) is 1.79. The van der Waals surface area contributed by atoms with Crippen molar-refractivity contribution in [3.05, 3.63) is 41.7 Å². The second kappa shape index (κ2) is 8.14. The highest BCUT2D eigenvalue weighted by molar-refractivity contribution is 14.0. The quantitative estimate of drug-likeness (QED) is 0.371. The van der Waals surface area contributed by atoms with Crippen molar-refractivity contribution in [3.63, 3.8) is 0 Å². The highest BCUT2D eigenvalue weighted by Crippen LogP contribution is 2.08. The Morgan fingerprint density at radius 2 is 2.11 bits per heavy atom. The number of pyridine rings is 1. The standard InChI is InChI=1S/C14H20N4.HI/c1-11-6-5-9-13(17-11)10-16-14(15-2)18-12-7-3-4-8-12;/h3-6,9,12H,7-8,10H2,1-2H3,(H2,15,16,18);1H. The van der Waals surface area contributed by atoms with E-state index >= 15 is 0 Å². The minimum Gasteiger partial charge on any atom is -0.353 e. The largest absolute Gasteiger partial charge is 0.353 e. The lowest BCUT2D eigenvalue weighted by molar-refractivity contribution is 0.631. The van der Waals surface area contributed by atoms with Gasteiger partial charge in [-0.3, -0.25) is 9.98 Å². The van der Waals surface area contributed by atoms with Crippen LogP contribution in [0.2, 0.25) is 0 Å². The summed E-state index contributed by atoms with van der Waals surface area (Å²) in [5, 5.41) is 6.69. The summed E-state index contributed by atoms with van der Waals surface area (Å²) in [5.74, 6) is 0.840. The Morgan fingerprint density at radius 3 is 2.74 bits per heavy atom. The highest BCUT2D eigenvalue weighted by Gasteiger charge is 2.11. The minimum atomic E-state index is 0. The summed E-state index contributed by atoms with van der Waals surface area (Å²) < 4.78 is 0. The molecule has 1 aliphatic rings. The molecular formula is C14H21IN4. The van der Waals surface area contributed by atoms with E-state index in [0.29, 0.717) is 12.6 Å². The maximum absolute atomic E-state index is 4.45. The first-order valence-corrected chi connectivity index (χ1v) is 6.32. The van der Waals surface area contributed by atoms with Gasteiger partial charge in [0.25, 0.3) is 0 Å². The predicted octanol–water partition coefficient (Wildman–Crippen LogP) is 2.39. The van der Waals surface area contributed by atoms with Crippen molar-refractivity contribution in [2.24, 2.45) is 4.99 Å². The molecule has 5 heteroatoms. The third-order valence-corrected chi connectivity index (χ3v) is 2.96. The van der Waals surface area contributed by atoms with Gasteiger partial charge in [0, 0.05) is 18.8 Å². The molecule has 0 aromatic carbocycles. The van der Waals surface area contributed by atoms with E-state index in [9.17, 15) is 0 Å². The lowest BCUT2D eigenvalue weighted by atomic mass is 10.2. The minimum absolute atomic E-state index is 0. The third kappa shape index (κ3) is 5.18. The first-order valence-electron chi connectivity index (χ1n) is 6.32. The van der Waals surface area contributed by atoms with Crippen LogP contribution >= 0.6 is 24.0 Å². The van der Waals surface area contributed by atoms with E-state index in [-0.39, 0.29) is 24.0 Å². The number of aliphatic imine (C=N–C) groups is 1. The van der Waals surface area contributed by atoms with Crippen LogP contribution in [-0.2, 0) is 6.54 Å². The molecule has 0 spiro atoms. The van der Waals surface area contributed by atoms with Crippen molar-refractivity contribution in [2.75, 3.05) is 7.05 Å². The summed E-state index contributed by atoms with van der Waals surface area (Å²) >= 11 is 0. The molecule has 4 nitrogen and oxygen atoms in total. The van der Waals surface area contributed by atoms with Gasteiger partial charge in [0.15, 0.2) is 5.96 Å². The van der Waals surface area contributed by atoms with Crippen LogP contribution in [0, 0.1) is 6.92 Å². The molecular weight excluding hydrogens is 351 g/mol. The molecule has 0 aliphatic heterocycles. The van der Waals surface area contributed by atoms with E-state index in [4.69, 9.17) is 0 Å². The number of rotatable bonds is 3. The molecule has 1 aromatic rings. The van der Waals surface area contributed by atoms with Crippen molar-refractivity contribution < 1.29 is 0 Å². The monoisotopic (exact) mass is 372 g/mol. The van der Waals surface area contributed by atoms with Gasteiger partial charge in [-0.2, -0.15) is 0 Å². The molecule has 1 aliphatic carbocycles. The summed E-state index contributed by atoms with van der Waals surface area (Å²) in [5.41, 5.74) is 2.07. The van der Waals surface area contributed by atoms with Crippen LogP contribution in [0.25, 0.3) is 0 Å². The molecule has 2 N–H and O–H groups in total. The van der Waals surface area contributed by atoms with Crippen LogP contribution in [-0.4, -0.2) is 24.0 Å². The average Bonchev–Trinajstić information content (AvgIpc) is 2.87. The van der Waals surface area contributed by atoms with Gasteiger partial charge in [0.2, 0.25) is 0 Å². The predicted molar refractivity (Wildman–Crippen MR) is 89.9 cm³/mol. The molecule has 1 heterocycles. The Hall–Kier alpha value is -1.11. The second-order valence-electron chi connectivity index (χ2n) is 4.48. The van der Waals surface area contributed by atoms with Gasteiger partial charge in [-0.1, -0.05) is 18.2 Å². The van der Waals surface area contributed by atoms with Crippen LogP contribution < -0.4 is 10.6 Å². The Bertz CT molecular complexity index is 449. The van der Waals surface area contributed by atoms with Crippen molar-refractivity contribution in [1.29, 1.82) is 0 Å². The molecule has 0 amide bonds. The molecule has 19 heavy (non-hydrogen) atoms. The maximum Gasteiger partial charge on any atom is 0.191 e. The topological polar surface area (TPSA) is 49.3 Å². The molecule has 0 saturated heterocycles. The normalized spacial score (nSPS) is 15.2. The molecule has 0 atom stereocenters. The molecule has 1 aromatic heterocycles. The molecule has 0 saturated carbocycles. The van der Waals surface area contributed by atoms with E-state index in [2.05, 4.69) is 32.8 Å². The Labute approximate surface area is 131 Å². The lowest BCUT2D eigenvalue weighted by Crippen LogP contribution is -2.42. The van der Waals surface area contributed by atoms with E-state index in [1.807, 2.05) is 25.1 Å². The first kappa shape index (κ1) is 15.9. The lowest BCUT2D eigenvalue weighted by Gasteiger charge is -2.16. The van der Waals surface area contributed by atoms with Crippen molar-refractivity contribution in [1.82, 2.24) is 15.6 Å². The van der Waals surface area contributed by atoms with Gasteiger partial charge in [0.05, 0.1) is 12.2 Å². The van der Waals surface area contributed by atoms with Gasteiger partial charge in [-0.25, -0.2) is 0 Å². The van der Waals surface area contributed by atoms with Crippen LogP contribution in [0.5, 0.6) is 0 Å². The third-order valence-electron chi connectivity index (χ3n) is 2.96. The molecule has 0 fully saturated rings. The number of nitrogens with one attached hydrogen (secondary N) is 2. The Kier molecular flexibility index (Phi) is 6.83. The van der Waals surface area contributed by atoms with Gasteiger partial charge < -0.3 is 10.6 Å². The van der Waals surface area contributed by atoms with Crippen LogP contribution in [0.4, 0.5) is 0 Å². The van der Waals surface area contributed by atoms with Crippen molar-refractivity contribution >= 4 is 29.9 Å². The van der Waals surface area contributed by atoms with Crippen molar-refractivity contribution in [3.8, 4) is 0 Å². The zero-order valence-electron chi connectivity index (χ0n) is 11.4. The molecule has 0 bridgehead atoms. The maximum atomic E-state index is 4.45. The molecule has 0 unspecified atom stereocenters. The number of guanidine groups is 1. The zero-order chi connectivity index (χ0) is 12.8. The highest BCUT2D eigenvalue weighted by atomic mass is 127. The van der Waals surface area contributed by atoms with E-state index in [0.717, 1.165) is 30.2 Å². The van der Waals surface area contributed by atoms with E-state index < -0.39 is 0 Å². The first-order chi connectivity index (χ1) is 8.78. The number of halogens is 1. The summed E-state index contributed by atoms with van der Waals surface area (Å²) in [6.45, 7) is 2.70. The van der Waals surface area contributed by atoms with Gasteiger partial charge >= 0.3 is 0 Å². The Morgan fingerprint density at radius 1 is 1.37 bits per heavy atom. The summed E-state index contributed by atoms with van der Waals surface area (Å²) in [6, 6.07) is 6.52. The zero-order valence-corrected chi connectivity index (χ0v) is 13.7.